The lowest BCUT2D eigenvalue weighted by Gasteiger charge is -2.38. The van der Waals surface area contributed by atoms with Crippen LogP contribution < -0.4 is 15.0 Å². The number of anilines is 2. The molecule has 0 radical (unpaired) electrons. The quantitative estimate of drug-likeness (QED) is 0.508. The fourth-order valence-corrected chi connectivity index (χ4v) is 3.69. The first-order valence-electron chi connectivity index (χ1n) is 9.09. The van der Waals surface area contributed by atoms with E-state index >= 15 is 0 Å². The van der Waals surface area contributed by atoms with Crippen LogP contribution in [0.2, 0.25) is 0 Å². The highest BCUT2D eigenvalue weighted by atomic mass is 16.5. The number of nitrogens with zero attached hydrogens (tertiary/aromatic N) is 1. The van der Waals surface area contributed by atoms with Gasteiger partial charge < -0.3 is 19.4 Å². The van der Waals surface area contributed by atoms with Crippen LogP contribution in [0.25, 0.3) is 10.8 Å². The third-order valence-electron chi connectivity index (χ3n) is 5.13. The maximum Gasteiger partial charge on any atom is 0.205 e. The van der Waals surface area contributed by atoms with Gasteiger partial charge in [-0.2, -0.15) is 0 Å². The summed E-state index contributed by atoms with van der Waals surface area (Å²) in [5.41, 5.74) is 2.71. The lowest BCUT2D eigenvalue weighted by molar-refractivity contribution is 0.415. The highest BCUT2D eigenvalue weighted by Gasteiger charge is 2.33. The van der Waals surface area contributed by atoms with Gasteiger partial charge in [-0.3, -0.25) is 5.41 Å². The molecule has 1 aliphatic heterocycles. The van der Waals surface area contributed by atoms with Gasteiger partial charge in [-0.15, -0.1) is 0 Å². The van der Waals surface area contributed by atoms with E-state index in [2.05, 4.69) is 35.6 Å². The van der Waals surface area contributed by atoms with Gasteiger partial charge in [0.25, 0.3) is 0 Å². The Morgan fingerprint density at radius 3 is 2.54 bits per heavy atom. The van der Waals surface area contributed by atoms with Gasteiger partial charge >= 0.3 is 0 Å². The van der Waals surface area contributed by atoms with Crippen LogP contribution in [-0.2, 0) is 0 Å². The molecule has 5 heteroatoms. The molecule has 28 heavy (non-hydrogen) atoms. The number of ether oxygens (including phenoxy) is 1. The first-order chi connectivity index (χ1) is 13.7. The van der Waals surface area contributed by atoms with Crippen molar-refractivity contribution in [2.45, 2.75) is 6.17 Å². The van der Waals surface area contributed by atoms with Crippen molar-refractivity contribution >= 4 is 28.2 Å². The molecule has 1 aromatic heterocycles. The van der Waals surface area contributed by atoms with E-state index in [4.69, 9.17) is 14.6 Å². The number of rotatable bonds is 3. The van der Waals surface area contributed by atoms with Gasteiger partial charge in [0.1, 0.15) is 17.8 Å². The average Bonchev–Trinajstić information content (AvgIpc) is 3.23. The molecule has 0 amide bonds. The number of amidine groups is 1. The molecule has 2 N–H and O–H groups in total. The molecular formula is C23H19N3O2. The minimum absolute atomic E-state index is 0.260. The van der Waals surface area contributed by atoms with Crippen LogP contribution >= 0.6 is 0 Å². The maximum atomic E-state index is 8.82. The summed E-state index contributed by atoms with van der Waals surface area (Å²) >= 11 is 0. The summed E-state index contributed by atoms with van der Waals surface area (Å²) in [6.07, 6.45) is 1.35. The summed E-state index contributed by atoms with van der Waals surface area (Å²) in [4.78, 5) is 1.97. The van der Waals surface area contributed by atoms with Crippen molar-refractivity contribution in [3.05, 3.63) is 90.2 Å². The number of fused-ring (bicyclic) bond motifs is 2. The van der Waals surface area contributed by atoms with Crippen LogP contribution in [0, 0.1) is 5.41 Å². The molecule has 0 aliphatic carbocycles. The lowest BCUT2D eigenvalue weighted by Crippen LogP contribution is -2.42. The fraction of sp³-hybridized carbons (Fsp3) is 0.0870. The predicted octanol–water partition coefficient (Wildman–Crippen LogP) is 5.40. The minimum Gasteiger partial charge on any atom is -0.497 e. The van der Waals surface area contributed by atoms with Crippen LogP contribution in [0.3, 0.4) is 0 Å². The van der Waals surface area contributed by atoms with Crippen molar-refractivity contribution in [1.82, 2.24) is 0 Å². The van der Waals surface area contributed by atoms with Crippen LogP contribution in [0.4, 0.5) is 11.6 Å². The van der Waals surface area contributed by atoms with E-state index in [0.717, 1.165) is 28.0 Å². The molecule has 1 atom stereocenters. The lowest BCUT2D eigenvalue weighted by atomic mass is 10.0. The Hall–Kier alpha value is -3.73. The normalized spacial score (nSPS) is 16.0. The van der Waals surface area contributed by atoms with Crippen molar-refractivity contribution in [1.29, 1.82) is 5.41 Å². The van der Waals surface area contributed by atoms with Crippen LogP contribution in [0.5, 0.6) is 5.75 Å². The number of hydrogen-bond acceptors (Lipinski definition) is 4. The monoisotopic (exact) mass is 369 g/mol. The van der Waals surface area contributed by atoms with Crippen molar-refractivity contribution in [3.8, 4) is 5.75 Å². The summed E-state index contributed by atoms with van der Waals surface area (Å²) in [5.74, 6) is 1.80. The van der Waals surface area contributed by atoms with E-state index in [9.17, 15) is 0 Å². The van der Waals surface area contributed by atoms with E-state index < -0.39 is 0 Å². The Bertz CT molecular complexity index is 1160. The van der Waals surface area contributed by atoms with Gasteiger partial charge in [-0.1, -0.05) is 36.4 Å². The third-order valence-corrected chi connectivity index (χ3v) is 5.13. The fourth-order valence-electron chi connectivity index (χ4n) is 3.69. The highest BCUT2D eigenvalue weighted by molar-refractivity contribution is 6.13. The van der Waals surface area contributed by atoms with Crippen molar-refractivity contribution in [2.24, 2.45) is 0 Å². The molecule has 138 valence electrons. The van der Waals surface area contributed by atoms with Gasteiger partial charge in [0, 0.05) is 5.69 Å². The zero-order valence-corrected chi connectivity index (χ0v) is 15.3. The smallest absolute Gasteiger partial charge is 0.205 e. The molecule has 2 heterocycles. The second kappa shape index (κ2) is 6.46. The van der Waals surface area contributed by atoms with Crippen molar-refractivity contribution in [3.63, 3.8) is 0 Å². The summed E-state index contributed by atoms with van der Waals surface area (Å²) in [7, 11) is 1.65. The van der Waals surface area contributed by atoms with Crippen molar-refractivity contribution in [2.75, 3.05) is 17.3 Å². The second-order valence-electron chi connectivity index (χ2n) is 6.73. The zero-order valence-electron chi connectivity index (χ0n) is 15.3. The molecule has 1 aliphatic rings. The Labute approximate surface area is 162 Å². The molecular weight excluding hydrogens is 350 g/mol. The van der Waals surface area contributed by atoms with E-state index in [-0.39, 0.29) is 6.17 Å². The van der Waals surface area contributed by atoms with Gasteiger partial charge in [0.05, 0.1) is 18.9 Å². The molecule has 5 rings (SSSR count). The van der Waals surface area contributed by atoms with E-state index in [1.807, 2.05) is 47.4 Å². The zero-order chi connectivity index (χ0) is 19.1. The molecule has 5 nitrogen and oxygen atoms in total. The molecule has 4 aromatic rings. The predicted molar refractivity (Wildman–Crippen MR) is 111 cm³/mol. The number of benzene rings is 3. The average molecular weight is 369 g/mol. The molecule has 1 unspecified atom stereocenters. The minimum atomic E-state index is -0.260. The summed E-state index contributed by atoms with van der Waals surface area (Å²) in [5, 5.41) is 14.6. The van der Waals surface area contributed by atoms with Gasteiger partial charge in [-0.25, -0.2) is 0 Å². The van der Waals surface area contributed by atoms with Crippen LogP contribution in [0.1, 0.15) is 17.3 Å². The molecule has 0 spiro atoms. The number of nitrogens with one attached hydrogen (secondary N) is 2. The van der Waals surface area contributed by atoms with E-state index in [0.29, 0.717) is 11.7 Å². The van der Waals surface area contributed by atoms with Gasteiger partial charge in [0.2, 0.25) is 5.88 Å². The second-order valence-corrected chi connectivity index (χ2v) is 6.73. The Balaban J connectivity index is 1.64. The van der Waals surface area contributed by atoms with Crippen LogP contribution in [0.15, 0.2) is 83.5 Å². The molecule has 0 saturated heterocycles. The third kappa shape index (κ3) is 2.60. The summed E-state index contributed by atoms with van der Waals surface area (Å²) < 4.78 is 10.9. The number of methoxy groups -OCH3 is 1. The van der Waals surface area contributed by atoms with Crippen molar-refractivity contribution < 1.29 is 9.15 Å². The largest absolute Gasteiger partial charge is 0.497 e. The van der Waals surface area contributed by atoms with Gasteiger partial charge in [0.15, 0.2) is 0 Å². The SMILES string of the molecule is COc1ccc(N2C(=N)c3ccoc3NC2c2ccc3ccccc3c2)cc1. The molecule has 0 saturated carbocycles. The van der Waals surface area contributed by atoms with E-state index in [1.54, 1.807) is 13.4 Å². The standard InChI is InChI=1S/C23H19N3O2/c1-27-19-10-8-18(9-11-19)26-21(24)20-12-13-28-23(20)25-22(26)17-7-6-15-4-2-3-5-16(15)14-17/h2-14,22,24-25H,1H3. The maximum absolute atomic E-state index is 8.82. The van der Waals surface area contributed by atoms with Gasteiger partial charge in [-0.05, 0) is 52.7 Å². The topological polar surface area (TPSA) is 61.5 Å². The number of hydrogen-bond donors (Lipinski definition) is 2. The van der Waals surface area contributed by atoms with E-state index in [1.165, 1.54) is 5.39 Å². The first-order valence-corrected chi connectivity index (χ1v) is 9.09. The summed E-state index contributed by atoms with van der Waals surface area (Å²) in [6, 6.07) is 24.2. The van der Waals surface area contributed by atoms with Crippen LogP contribution in [-0.4, -0.2) is 12.9 Å². The summed E-state index contributed by atoms with van der Waals surface area (Å²) in [6.45, 7) is 0. The highest BCUT2D eigenvalue weighted by Crippen LogP contribution is 2.38. The molecule has 3 aromatic carbocycles. The Morgan fingerprint density at radius 2 is 1.75 bits per heavy atom. The Kier molecular flexibility index (Phi) is 3.79. The molecule has 0 bridgehead atoms. The molecule has 0 fully saturated rings. The Morgan fingerprint density at radius 1 is 0.964 bits per heavy atom. The first kappa shape index (κ1) is 16.4. The number of furan rings is 1.